The molecule has 2 nitrogen and oxygen atoms in total. The number of aromatic nitrogens is 1. The Morgan fingerprint density at radius 2 is 2.00 bits per heavy atom. The lowest BCUT2D eigenvalue weighted by Gasteiger charge is -2.24. The Kier molecular flexibility index (Phi) is 3.21. The first kappa shape index (κ1) is 14.1. The first-order valence-corrected chi connectivity index (χ1v) is 10.6. The van der Waals surface area contributed by atoms with E-state index in [1.165, 1.54) is 12.1 Å². The number of hydrogen-bond acceptors (Lipinski definition) is 3. The lowest BCUT2D eigenvalue weighted by molar-refractivity contribution is 0.575. The molecule has 3 heterocycles. The molecule has 1 aliphatic rings. The number of thiophene rings is 1. The first-order valence-electron chi connectivity index (χ1n) is 7.24. The molecule has 4 rings (SSSR count). The molecule has 22 heavy (non-hydrogen) atoms. The summed E-state index contributed by atoms with van der Waals surface area (Å²) in [6, 6.07) is 8.62. The summed E-state index contributed by atoms with van der Waals surface area (Å²) >= 11 is 1.62. The summed E-state index contributed by atoms with van der Waals surface area (Å²) in [5, 5.41) is 3.11. The van der Waals surface area contributed by atoms with Crippen molar-refractivity contribution in [3.05, 3.63) is 52.8 Å². The molecule has 0 amide bonds. The molecule has 0 spiro atoms. The third kappa shape index (κ3) is 2.31. The number of aryl methyl sites for hydroxylation is 1. The van der Waals surface area contributed by atoms with Crippen LogP contribution in [0.15, 0.2) is 35.7 Å². The zero-order valence-corrected chi connectivity index (χ0v) is 13.9. The molecule has 1 aromatic carbocycles. The molecule has 0 saturated carbocycles. The Labute approximate surface area is 132 Å². The van der Waals surface area contributed by atoms with Crippen LogP contribution >= 0.6 is 18.5 Å². The van der Waals surface area contributed by atoms with Crippen molar-refractivity contribution in [2.75, 3.05) is 12.8 Å². The van der Waals surface area contributed by atoms with E-state index in [-0.39, 0.29) is 5.82 Å². The molecule has 112 valence electrons. The van der Waals surface area contributed by atoms with Crippen LogP contribution in [0.4, 0.5) is 4.39 Å². The van der Waals surface area contributed by atoms with Gasteiger partial charge < -0.3 is 4.57 Å². The zero-order chi connectivity index (χ0) is 15.3. The van der Waals surface area contributed by atoms with Crippen molar-refractivity contribution < 1.29 is 8.96 Å². The molecule has 1 aliphatic heterocycles. The van der Waals surface area contributed by atoms with Gasteiger partial charge in [0.15, 0.2) is 0 Å². The molecule has 2 aromatic heterocycles. The van der Waals surface area contributed by atoms with E-state index >= 15 is 0 Å². The molecule has 0 saturated heterocycles. The fraction of sp³-hybridized carbons (Fsp3) is 0.235. The predicted molar refractivity (Wildman–Crippen MR) is 90.8 cm³/mol. The van der Waals surface area contributed by atoms with E-state index in [0.717, 1.165) is 45.2 Å². The average molecular weight is 331 g/mol. The van der Waals surface area contributed by atoms with Crippen LogP contribution in [0.3, 0.4) is 0 Å². The van der Waals surface area contributed by atoms with E-state index in [2.05, 4.69) is 6.07 Å². The molecule has 3 aromatic rings. The minimum atomic E-state index is -2.15. The predicted octanol–water partition coefficient (Wildman–Crippen LogP) is 5.15. The number of halogens is 1. The van der Waals surface area contributed by atoms with Crippen LogP contribution in [0.2, 0.25) is 0 Å². The van der Waals surface area contributed by atoms with Crippen molar-refractivity contribution in [1.82, 2.24) is 4.98 Å². The van der Waals surface area contributed by atoms with Crippen LogP contribution in [-0.4, -0.2) is 17.8 Å². The van der Waals surface area contributed by atoms with Crippen LogP contribution in [0.1, 0.15) is 11.3 Å². The molecule has 1 atom stereocenters. The number of fused-ring (bicyclic) bond motifs is 2. The molecule has 0 N–H and O–H groups in total. The third-order valence-corrected chi connectivity index (χ3v) is 7.21. The second-order valence-corrected chi connectivity index (χ2v) is 10.2. The summed E-state index contributed by atoms with van der Waals surface area (Å²) < 4.78 is 25.9. The molecule has 5 heteroatoms. The molecule has 0 bridgehead atoms. The maximum Gasteiger partial charge on any atom is 0.124 e. The van der Waals surface area contributed by atoms with Gasteiger partial charge in [-0.25, -0.2) is 9.37 Å². The minimum Gasteiger partial charge on any atom is -0.323 e. The number of benzene rings is 1. The van der Waals surface area contributed by atoms with Crippen LogP contribution in [0.5, 0.6) is 0 Å². The minimum absolute atomic E-state index is 0.241. The summed E-state index contributed by atoms with van der Waals surface area (Å²) in [6.07, 6.45) is 2.09. The van der Waals surface area contributed by atoms with Crippen molar-refractivity contribution in [3.8, 4) is 11.1 Å². The lowest BCUT2D eigenvalue weighted by Crippen LogP contribution is -2.11. The largest absolute Gasteiger partial charge is 0.323 e. The van der Waals surface area contributed by atoms with Gasteiger partial charge in [0, 0.05) is 23.4 Å². The van der Waals surface area contributed by atoms with E-state index in [1.54, 1.807) is 23.5 Å². The van der Waals surface area contributed by atoms with E-state index in [4.69, 9.17) is 4.98 Å². The normalized spacial score (nSPS) is 21.0. The van der Waals surface area contributed by atoms with Gasteiger partial charge in [-0.1, -0.05) is 12.1 Å². The standard InChI is InChI=1S/C17H15FNOPS/c1-21(20)8-6-15-14(10-21)16(11-2-4-12(18)5-3-11)13-7-9-22-17(13)19-15/h2-5,7,9H,6,8,10H2,1H3. The first-order chi connectivity index (χ1) is 10.5. The highest BCUT2D eigenvalue weighted by molar-refractivity contribution is 7.62. The van der Waals surface area contributed by atoms with E-state index in [1.807, 2.05) is 12.0 Å². The van der Waals surface area contributed by atoms with Gasteiger partial charge in [-0.2, -0.15) is 0 Å². The van der Waals surface area contributed by atoms with Crippen LogP contribution in [0.25, 0.3) is 21.3 Å². The Morgan fingerprint density at radius 3 is 2.77 bits per heavy atom. The second kappa shape index (κ2) is 5.00. The van der Waals surface area contributed by atoms with Gasteiger partial charge in [0.25, 0.3) is 0 Å². The fourth-order valence-corrected chi connectivity index (χ4v) is 5.80. The van der Waals surface area contributed by atoms with Crippen molar-refractivity contribution in [1.29, 1.82) is 0 Å². The van der Waals surface area contributed by atoms with Gasteiger partial charge in [0.05, 0.1) is 7.14 Å². The topological polar surface area (TPSA) is 30.0 Å². The van der Waals surface area contributed by atoms with Gasteiger partial charge in [0.1, 0.15) is 10.6 Å². The summed E-state index contributed by atoms with van der Waals surface area (Å²) in [5.41, 5.74) is 4.21. The third-order valence-electron chi connectivity index (χ3n) is 4.25. The highest BCUT2D eigenvalue weighted by atomic mass is 32.1. The molecule has 0 fully saturated rings. The quantitative estimate of drug-likeness (QED) is 0.577. The monoisotopic (exact) mass is 331 g/mol. The lowest BCUT2D eigenvalue weighted by atomic mass is 9.96. The number of pyridine rings is 1. The number of nitrogens with zero attached hydrogens (tertiary/aromatic N) is 1. The highest BCUT2D eigenvalue weighted by Crippen LogP contribution is 2.52. The van der Waals surface area contributed by atoms with Crippen molar-refractivity contribution in [3.63, 3.8) is 0 Å². The molecule has 0 radical (unpaired) electrons. The molecule has 1 unspecified atom stereocenters. The Balaban J connectivity index is 2.04. The number of hydrogen-bond donors (Lipinski definition) is 0. The average Bonchev–Trinajstić information content (AvgIpc) is 2.93. The van der Waals surface area contributed by atoms with Gasteiger partial charge in [-0.15, -0.1) is 11.3 Å². The molecular weight excluding hydrogens is 316 g/mol. The Bertz CT molecular complexity index is 916. The Hall–Kier alpha value is -1.51. The highest BCUT2D eigenvalue weighted by Gasteiger charge is 2.28. The maximum absolute atomic E-state index is 13.3. The fourth-order valence-electron chi connectivity index (χ4n) is 3.15. The summed E-state index contributed by atoms with van der Waals surface area (Å²) in [6.45, 7) is 1.88. The molecular formula is C17H15FNOPS. The van der Waals surface area contributed by atoms with Gasteiger partial charge in [-0.3, -0.25) is 0 Å². The van der Waals surface area contributed by atoms with Gasteiger partial charge in [-0.05, 0) is 53.4 Å². The van der Waals surface area contributed by atoms with Gasteiger partial charge >= 0.3 is 0 Å². The number of rotatable bonds is 1. The van der Waals surface area contributed by atoms with E-state index < -0.39 is 7.14 Å². The SMILES string of the molecule is CP1(=O)CCc2nc3sccc3c(-c3ccc(F)cc3)c2C1. The van der Waals surface area contributed by atoms with Crippen molar-refractivity contribution >= 4 is 28.7 Å². The van der Waals surface area contributed by atoms with Crippen molar-refractivity contribution in [2.45, 2.75) is 12.6 Å². The van der Waals surface area contributed by atoms with E-state index in [0.29, 0.717) is 6.16 Å². The summed E-state index contributed by atoms with van der Waals surface area (Å²) in [7, 11) is -2.15. The summed E-state index contributed by atoms with van der Waals surface area (Å²) in [4.78, 5) is 5.77. The van der Waals surface area contributed by atoms with E-state index in [9.17, 15) is 8.96 Å². The van der Waals surface area contributed by atoms with Crippen LogP contribution in [-0.2, 0) is 17.1 Å². The maximum atomic E-state index is 13.3. The van der Waals surface area contributed by atoms with Crippen molar-refractivity contribution in [2.24, 2.45) is 0 Å². The summed E-state index contributed by atoms with van der Waals surface area (Å²) in [5.74, 6) is -0.241. The second-order valence-electron chi connectivity index (χ2n) is 5.99. The van der Waals surface area contributed by atoms with Crippen LogP contribution < -0.4 is 0 Å². The molecule has 0 aliphatic carbocycles. The van der Waals surface area contributed by atoms with Gasteiger partial charge in [0.2, 0.25) is 0 Å². The zero-order valence-electron chi connectivity index (χ0n) is 12.2. The van der Waals surface area contributed by atoms with Crippen LogP contribution in [0, 0.1) is 5.82 Å². The smallest absolute Gasteiger partial charge is 0.124 e. The Morgan fingerprint density at radius 1 is 1.23 bits per heavy atom.